The molecule has 12 aromatic heterocycles. The van der Waals surface area contributed by atoms with E-state index >= 15 is 0 Å². The third-order valence-electron chi connectivity index (χ3n) is 23.9. The third-order valence-corrected chi connectivity index (χ3v) is 37.6. The molecule has 14 aromatic rings. The normalized spacial score (nSPS) is 14.4. The van der Waals surface area contributed by atoms with E-state index in [0.717, 1.165) is 61.5 Å². The molecule has 12 heterocycles. The molecule has 2 aromatic carbocycles. The lowest BCUT2D eigenvalue weighted by Crippen LogP contribution is -2.24. The minimum atomic E-state index is -0.617. The zero-order valence-corrected chi connectivity index (χ0v) is 87.2. The van der Waals surface area contributed by atoms with Crippen LogP contribution < -0.4 is 24.5 Å². The minimum Gasteiger partial charge on any atom is -0.520 e. The summed E-state index contributed by atoms with van der Waals surface area (Å²) in [6, 6.07) is 37.6. The molecule has 0 amide bonds. The van der Waals surface area contributed by atoms with Crippen LogP contribution in [-0.4, -0.2) is 137 Å². The number of thiazole rings is 1. The second-order valence-corrected chi connectivity index (χ2v) is 48.0. The Morgan fingerprint density at radius 3 is 1.19 bits per heavy atom. The number of hydrogen-bond donors (Lipinski definition) is 4. The lowest BCUT2D eigenvalue weighted by atomic mass is 9.84. The van der Waals surface area contributed by atoms with Gasteiger partial charge in [-0.05, 0) is 199 Å². The van der Waals surface area contributed by atoms with Crippen molar-refractivity contribution in [2.75, 3.05) is 113 Å². The van der Waals surface area contributed by atoms with E-state index in [1.165, 1.54) is 126 Å². The summed E-state index contributed by atoms with van der Waals surface area (Å²) in [5.74, 6) is -0.594. The Morgan fingerprint density at radius 2 is 0.785 bits per heavy atom. The number of ether oxygens (including phenoxy) is 1. The topological polar surface area (TPSA) is 201 Å². The molecule has 5 aliphatic carbocycles. The molecule has 0 unspecified atom stereocenters. The van der Waals surface area contributed by atoms with Crippen LogP contribution in [0.5, 0.6) is 0 Å². The van der Waals surface area contributed by atoms with Crippen molar-refractivity contribution in [2.45, 2.75) is 117 Å². The summed E-state index contributed by atoms with van der Waals surface area (Å²) in [5.41, 5.74) is 16.1. The Hall–Kier alpha value is -11.5. The fourth-order valence-corrected chi connectivity index (χ4v) is 30.6. The van der Waals surface area contributed by atoms with Gasteiger partial charge in [-0.1, -0.05) is 86.2 Å². The maximum absolute atomic E-state index is 12.3. The number of likely N-dealkylation sites (N-methyl/N-ethyl adjacent to an activating group) is 3. The van der Waals surface area contributed by atoms with Crippen LogP contribution in [0.2, 0.25) is 0 Å². The number of carbonyl (C=O) groups is 2. The zero-order chi connectivity index (χ0) is 97.1. The van der Waals surface area contributed by atoms with Crippen molar-refractivity contribution in [3.63, 3.8) is 0 Å². The van der Waals surface area contributed by atoms with Gasteiger partial charge in [0.15, 0.2) is 11.4 Å². The van der Waals surface area contributed by atoms with Crippen LogP contribution in [0, 0.1) is 32.9 Å². The van der Waals surface area contributed by atoms with E-state index in [9.17, 15) is 19.8 Å². The smallest absolute Gasteiger partial charge is 0.336 e. The minimum absolute atomic E-state index is 0.0167. The molecule has 0 saturated carbocycles. The van der Waals surface area contributed by atoms with Gasteiger partial charge in [-0.15, -0.1) is 125 Å². The third kappa shape index (κ3) is 19.4. The number of aliphatic hydroxyl groups excluding tert-OH is 4. The number of nitrogens with zero attached hydrogens (tertiary/aromatic N) is 12. The van der Waals surface area contributed by atoms with Gasteiger partial charge >= 0.3 is 5.97 Å². The van der Waals surface area contributed by atoms with Crippen molar-refractivity contribution in [2.24, 2.45) is 0 Å². The van der Waals surface area contributed by atoms with Crippen molar-refractivity contribution in [3.8, 4) is 48.8 Å². The summed E-state index contributed by atoms with van der Waals surface area (Å²) >= 11 is 18.8. The van der Waals surface area contributed by atoms with E-state index in [4.69, 9.17) is 52.2 Å². The van der Waals surface area contributed by atoms with Crippen molar-refractivity contribution >= 4 is 225 Å². The standard InChI is InChI=1S/C24H21N3OS3.C23H19N3OS2.C21H24N2O2S2.C19H20N2O2S2.C17H16N2O2S2/c1-24(2)15-11-14(12-18(25-3)23-26-17-7-5-6-8-19(17)30-23)29-21(15)22-16(24)13-20(31-22)27(4)9-10-28;1-23(2)14-10-13(28-20(14)21-15(23)12-19(29-21)26(4)5)11-17(24-3)22-25-16-8-6-7-9-18(16)27-22;1-20(2,3)25-19(24)15(22-6)10-12-9-13-17(26-12)18-14(21(13,4)5)11-16(27-18)23(7)8;1-11(23)15(20-4)9-12-8-13-17(24-12)18-14(19(13,2)3)10-16(25-18)21(5)6-7-22;1-10(21)14(18-2)9-13-7-11-6-12-8-15(19(3)4-5-20)23-17(12)16(11)22-13/h5-8,11-13,28H,9-10H2,1-2,4H3;6-12H,1-2,4-5H3;9-11H,1-5,7-8H3;8-10,22H,6-7H2,1-3,5H3;7-9,20-21H,1,4-6H2,3H3/b18-12-;17-11-;15-10-;15-9-;14-9-. The number of carbonyl (C=O) groups excluding carboxylic acids is 2. The number of aliphatic hydroxyl groups is 4. The highest BCUT2D eigenvalue weighted by Crippen LogP contribution is 2.62. The van der Waals surface area contributed by atoms with Crippen LogP contribution in [0.4, 0.5) is 25.0 Å². The Bertz CT molecular complexity index is 7360. The molecule has 0 bridgehead atoms. The molecule has 0 saturated heterocycles. The first-order chi connectivity index (χ1) is 64.1. The summed E-state index contributed by atoms with van der Waals surface area (Å²) in [6.07, 6.45) is 9.81. The first-order valence-corrected chi connectivity index (χ1v) is 52.1. The molecule has 690 valence electrons. The molecule has 31 heteroatoms. The number of fused-ring (bicyclic) bond motifs is 17. The second-order valence-electron chi connectivity index (χ2n) is 36.4. The molecule has 19 rings (SSSR count). The molecule has 20 nitrogen and oxygen atoms in total. The Labute approximate surface area is 831 Å². The van der Waals surface area contributed by atoms with Gasteiger partial charge < -0.3 is 58.9 Å². The average Bonchev–Trinajstić information content (AvgIpc) is 1.57. The number of aromatic nitrogens is 2. The number of esters is 1. The molecule has 0 fully saturated rings. The maximum Gasteiger partial charge on any atom is 0.336 e. The summed E-state index contributed by atoms with van der Waals surface area (Å²) in [6.45, 7) is 67.5. The lowest BCUT2D eigenvalue weighted by molar-refractivity contribution is -0.149. The molecular weight excluding hydrogens is 1900 g/mol. The van der Waals surface area contributed by atoms with Crippen molar-refractivity contribution in [1.82, 2.24) is 9.97 Å². The summed E-state index contributed by atoms with van der Waals surface area (Å²) in [4.78, 5) is 78.8. The van der Waals surface area contributed by atoms with Crippen LogP contribution in [0.25, 0.3) is 136 Å². The summed E-state index contributed by atoms with van der Waals surface area (Å²) in [7, 11) is 14.3. The SMILES string of the molecule is [C-]#[N+]/C(=C\c1cc2c(s1)-c1sc(N(C)C)cc1C2(C)C)C(=O)OC(C)(C)C.[C-]#[N+]/C(=C\c1cc2c(s1)-c1sc(N(C)C)cc1C2(C)C)c1nc2ccccc2o1.[C-]#[N+]/C(=C\c1cc2c(s1)-c1sc(N(C)CCO)cc1C2(C)C)C(C)=O.[C-]#[N+]/C(=C\c1cc2c(s1)-c1sc(N(C)CCO)cc1C2(C)C)c1nc2ccccc2s1.[C-]#[N+]/C(=C\c1cc2c(s1)-c1sc(N(C)CCO)cc1C2)C(=C)O. The number of thiophene rings is 10. The van der Waals surface area contributed by atoms with Crippen molar-refractivity contribution in [1.29, 1.82) is 0 Å². The lowest BCUT2D eigenvalue weighted by Gasteiger charge is -2.20. The molecule has 5 aliphatic rings. The molecular formula is C104H100N12O8S11. The van der Waals surface area contributed by atoms with E-state index in [-0.39, 0.29) is 70.1 Å². The number of para-hydroxylation sites is 3. The van der Waals surface area contributed by atoms with Gasteiger partial charge in [0, 0.05) is 146 Å². The maximum atomic E-state index is 12.3. The Kier molecular flexibility index (Phi) is 28.3. The van der Waals surface area contributed by atoms with Crippen LogP contribution in [-0.2, 0) is 42.4 Å². The van der Waals surface area contributed by atoms with Gasteiger partial charge in [0.1, 0.15) is 21.9 Å². The molecule has 0 atom stereocenters. The average molecular weight is 2000 g/mol. The van der Waals surface area contributed by atoms with Gasteiger partial charge in [0.2, 0.25) is 28.7 Å². The van der Waals surface area contributed by atoms with Crippen molar-refractivity contribution in [3.05, 3.63) is 287 Å². The number of benzene rings is 2. The predicted octanol–water partition coefficient (Wildman–Crippen LogP) is 27.6. The quantitative estimate of drug-likeness (QED) is 0.0174. The zero-order valence-electron chi connectivity index (χ0n) is 78.2. The highest BCUT2D eigenvalue weighted by molar-refractivity contribution is 7.28. The van der Waals surface area contributed by atoms with E-state index in [1.54, 1.807) is 152 Å². The number of allylic oxidation sites excluding steroid dienone is 1. The number of rotatable bonds is 21. The van der Waals surface area contributed by atoms with Crippen LogP contribution in [0.15, 0.2) is 143 Å². The van der Waals surface area contributed by atoms with E-state index in [2.05, 4.69) is 210 Å². The Balaban J connectivity index is 0.000000129. The number of ketones is 1. The van der Waals surface area contributed by atoms with E-state index < -0.39 is 11.6 Å². The van der Waals surface area contributed by atoms with Gasteiger partial charge in [-0.2, -0.15) is 0 Å². The second kappa shape index (κ2) is 38.9. The largest absolute Gasteiger partial charge is 0.520 e. The van der Waals surface area contributed by atoms with Gasteiger partial charge in [-0.3, -0.25) is 4.79 Å². The van der Waals surface area contributed by atoms with Crippen LogP contribution >= 0.6 is 125 Å². The fourth-order valence-electron chi connectivity index (χ4n) is 16.4. The number of oxazole rings is 1. The molecule has 4 N–H and O–H groups in total. The summed E-state index contributed by atoms with van der Waals surface area (Å²) in [5, 5.41) is 43.7. The molecule has 135 heavy (non-hydrogen) atoms. The highest BCUT2D eigenvalue weighted by Gasteiger charge is 2.44. The Morgan fingerprint density at radius 1 is 0.437 bits per heavy atom. The van der Waals surface area contributed by atoms with Gasteiger partial charge in [0.25, 0.3) is 5.70 Å². The van der Waals surface area contributed by atoms with Crippen LogP contribution in [0.1, 0.15) is 174 Å². The fraction of sp³-hybridized carbons (Fsp3) is 0.298. The summed E-state index contributed by atoms with van der Waals surface area (Å²) < 4.78 is 12.3. The number of Topliss-reactive ketones (excluding diaryl/α,β-unsaturated/α-hetero) is 1. The molecule has 0 radical (unpaired) electrons. The molecule has 0 spiro atoms. The van der Waals surface area contributed by atoms with Crippen molar-refractivity contribution < 1.29 is 39.2 Å². The first kappa shape index (κ1) is 98.0. The number of anilines is 5. The predicted molar refractivity (Wildman–Crippen MR) is 574 cm³/mol. The van der Waals surface area contributed by atoms with Gasteiger partial charge in [-0.25, -0.2) is 34.2 Å². The van der Waals surface area contributed by atoms with Gasteiger partial charge in [0.05, 0.1) is 112 Å². The van der Waals surface area contributed by atoms with Crippen LogP contribution in [0.3, 0.4) is 0 Å². The monoisotopic (exact) mass is 2000 g/mol. The first-order valence-electron chi connectivity index (χ1n) is 43.1. The van der Waals surface area contributed by atoms with E-state index in [1.807, 2.05) is 93.2 Å². The molecule has 0 aliphatic heterocycles. The van der Waals surface area contributed by atoms with E-state index in [0.29, 0.717) is 42.5 Å². The number of hydrogen-bond acceptors (Lipinski definition) is 26. The highest BCUT2D eigenvalue weighted by atomic mass is 32.1.